The van der Waals surface area contributed by atoms with Crippen LogP contribution >= 0.6 is 0 Å². The zero-order chi connectivity index (χ0) is 19.1. The van der Waals surface area contributed by atoms with Gasteiger partial charge < -0.3 is 9.42 Å². The molecule has 1 aromatic carbocycles. The third kappa shape index (κ3) is 2.96. The van der Waals surface area contributed by atoms with Crippen LogP contribution in [0.25, 0.3) is 22.4 Å². The Morgan fingerprint density at radius 1 is 1.25 bits per heavy atom. The summed E-state index contributed by atoms with van der Waals surface area (Å²) in [4.78, 5) is 19.1. The van der Waals surface area contributed by atoms with Gasteiger partial charge in [0.05, 0.1) is 11.4 Å². The van der Waals surface area contributed by atoms with E-state index in [9.17, 15) is 4.79 Å². The first-order chi connectivity index (χ1) is 13.7. The van der Waals surface area contributed by atoms with Crippen molar-refractivity contribution in [1.29, 1.82) is 0 Å². The molecule has 5 rings (SSSR count). The SMILES string of the molecule is CCCn1nnc2cc(-c3noc(C4CC(=O)N(C5CCCC5)C4)n3)ccc21. The molecule has 1 unspecified atom stereocenters. The molecule has 1 aliphatic carbocycles. The zero-order valence-corrected chi connectivity index (χ0v) is 16.0. The standard InChI is InChI=1S/C20H24N6O2/c1-2-9-26-17-8-7-13(10-16(17)22-24-26)19-21-20(28-23-19)14-11-18(27)25(12-14)15-5-3-4-6-15/h7-8,10,14-15H,2-6,9,11-12H2,1H3. The fourth-order valence-electron chi connectivity index (χ4n) is 4.47. The third-order valence-electron chi connectivity index (χ3n) is 5.92. The summed E-state index contributed by atoms with van der Waals surface area (Å²) in [6, 6.07) is 6.30. The Morgan fingerprint density at radius 3 is 2.93 bits per heavy atom. The Kier molecular flexibility index (Phi) is 4.33. The van der Waals surface area contributed by atoms with Crippen LogP contribution in [-0.2, 0) is 11.3 Å². The first-order valence-electron chi connectivity index (χ1n) is 10.2. The quantitative estimate of drug-likeness (QED) is 0.675. The first kappa shape index (κ1) is 17.3. The molecule has 0 bridgehead atoms. The third-order valence-corrected chi connectivity index (χ3v) is 5.92. The lowest BCUT2D eigenvalue weighted by molar-refractivity contribution is -0.129. The minimum atomic E-state index is -0.0106. The summed E-state index contributed by atoms with van der Waals surface area (Å²) in [7, 11) is 0. The van der Waals surface area contributed by atoms with Gasteiger partial charge in [-0.1, -0.05) is 30.1 Å². The average molecular weight is 380 g/mol. The highest BCUT2D eigenvalue weighted by molar-refractivity contribution is 5.80. The van der Waals surface area contributed by atoms with Gasteiger partial charge in [0.2, 0.25) is 17.6 Å². The predicted molar refractivity (Wildman–Crippen MR) is 102 cm³/mol. The summed E-state index contributed by atoms with van der Waals surface area (Å²) in [5.41, 5.74) is 2.67. The Hall–Kier alpha value is -2.77. The molecule has 1 aliphatic heterocycles. The van der Waals surface area contributed by atoms with Crippen LogP contribution in [0.3, 0.4) is 0 Å². The lowest BCUT2D eigenvalue weighted by Crippen LogP contribution is -2.34. The van der Waals surface area contributed by atoms with Crippen molar-refractivity contribution in [3.8, 4) is 11.4 Å². The van der Waals surface area contributed by atoms with Gasteiger partial charge in [0.1, 0.15) is 5.52 Å². The number of nitrogens with zero attached hydrogens (tertiary/aromatic N) is 6. The molecule has 1 saturated carbocycles. The van der Waals surface area contributed by atoms with Gasteiger partial charge in [-0.15, -0.1) is 5.10 Å². The molecule has 146 valence electrons. The molecule has 8 nitrogen and oxygen atoms in total. The molecule has 1 saturated heterocycles. The summed E-state index contributed by atoms with van der Waals surface area (Å²) in [6.07, 6.45) is 6.14. The maximum atomic E-state index is 12.4. The van der Waals surface area contributed by atoms with Gasteiger partial charge in [-0.3, -0.25) is 4.79 Å². The number of carbonyl (C=O) groups excluding carboxylic acids is 1. The van der Waals surface area contributed by atoms with E-state index in [1.165, 1.54) is 12.8 Å². The number of fused-ring (bicyclic) bond motifs is 1. The van der Waals surface area contributed by atoms with Crippen LogP contribution in [0.15, 0.2) is 22.7 Å². The molecule has 28 heavy (non-hydrogen) atoms. The van der Waals surface area contributed by atoms with Crippen molar-refractivity contribution in [2.24, 2.45) is 0 Å². The molecule has 3 heterocycles. The molecule has 2 aliphatic rings. The van der Waals surface area contributed by atoms with Crippen molar-refractivity contribution in [3.05, 3.63) is 24.1 Å². The first-order valence-corrected chi connectivity index (χ1v) is 10.2. The van der Waals surface area contributed by atoms with E-state index in [0.717, 1.165) is 42.4 Å². The van der Waals surface area contributed by atoms with Gasteiger partial charge in [-0.25, -0.2) is 4.68 Å². The van der Waals surface area contributed by atoms with E-state index in [0.29, 0.717) is 30.7 Å². The van der Waals surface area contributed by atoms with Crippen LogP contribution in [0.2, 0.25) is 0 Å². The summed E-state index contributed by atoms with van der Waals surface area (Å²) < 4.78 is 7.44. The number of rotatable bonds is 5. The molecule has 3 aromatic rings. The number of hydrogen-bond acceptors (Lipinski definition) is 6. The second-order valence-electron chi connectivity index (χ2n) is 7.86. The molecular formula is C20H24N6O2. The second-order valence-corrected chi connectivity index (χ2v) is 7.86. The lowest BCUT2D eigenvalue weighted by Gasteiger charge is -2.23. The van der Waals surface area contributed by atoms with Crippen LogP contribution in [-0.4, -0.2) is 48.5 Å². The minimum absolute atomic E-state index is 0.0106. The average Bonchev–Trinajstić information content (AvgIpc) is 3.48. The molecule has 0 radical (unpaired) electrons. The number of amides is 1. The largest absolute Gasteiger partial charge is 0.339 e. The zero-order valence-electron chi connectivity index (χ0n) is 16.0. The van der Waals surface area contributed by atoms with Crippen molar-refractivity contribution < 1.29 is 9.32 Å². The van der Waals surface area contributed by atoms with E-state index in [2.05, 4.69) is 27.4 Å². The van der Waals surface area contributed by atoms with E-state index in [1.54, 1.807) is 0 Å². The Labute approximate surface area is 162 Å². The van der Waals surface area contributed by atoms with Gasteiger partial charge >= 0.3 is 0 Å². The van der Waals surface area contributed by atoms with Crippen LogP contribution in [0.4, 0.5) is 0 Å². The van der Waals surface area contributed by atoms with Crippen molar-refractivity contribution in [3.63, 3.8) is 0 Å². The van der Waals surface area contributed by atoms with Crippen molar-refractivity contribution in [1.82, 2.24) is 30.0 Å². The molecule has 1 amide bonds. The lowest BCUT2D eigenvalue weighted by atomic mass is 10.1. The second kappa shape index (κ2) is 7.00. The normalized spacial score (nSPS) is 20.7. The molecule has 8 heteroatoms. The highest BCUT2D eigenvalue weighted by Gasteiger charge is 2.38. The monoisotopic (exact) mass is 380 g/mol. The number of carbonyl (C=O) groups is 1. The predicted octanol–water partition coefficient (Wildman–Crippen LogP) is 3.15. The van der Waals surface area contributed by atoms with Gasteiger partial charge in [0.25, 0.3) is 0 Å². The minimum Gasteiger partial charge on any atom is -0.339 e. The smallest absolute Gasteiger partial charge is 0.232 e. The van der Waals surface area contributed by atoms with Gasteiger partial charge in [0.15, 0.2) is 0 Å². The summed E-state index contributed by atoms with van der Waals surface area (Å²) in [5.74, 6) is 1.29. The van der Waals surface area contributed by atoms with Crippen LogP contribution in [0.1, 0.15) is 57.3 Å². The number of likely N-dealkylation sites (tertiary alicyclic amines) is 1. The maximum Gasteiger partial charge on any atom is 0.232 e. The number of aryl methyl sites for hydroxylation is 1. The fraction of sp³-hybridized carbons (Fsp3) is 0.550. The topological polar surface area (TPSA) is 89.9 Å². The maximum absolute atomic E-state index is 12.4. The van der Waals surface area contributed by atoms with Gasteiger partial charge in [-0.05, 0) is 37.5 Å². The Balaban J connectivity index is 1.36. The number of aromatic nitrogens is 5. The Bertz CT molecular complexity index is 1000. The van der Waals surface area contributed by atoms with Gasteiger partial charge in [0, 0.05) is 31.1 Å². The summed E-state index contributed by atoms with van der Waals surface area (Å²) in [6.45, 7) is 3.65. The molecule has 2 aromatic heterocycles. The molecule has 1 atom stereocenters. The molecule has 0 spiro atoms. The number of benzene rings is 1. The highest BCUT2D eigenvalue weighted by Crippen LogP contribution is 2.34. The Morgan fingerprint density at radius 2 is 2.11 bits per heavy atom. The van der Waals surface area contributed by atoms with Crippen LogP contribution in [0, 0.1) is 0 Å². The van der Waals surface area contributed by atoms with E-state index in [-0.39, 0.29) is 11.8 Å². The van der Waals surface area contributed by atoms with Crippen LogP contribution in [0.5, 0.6) is 0 Å². The molecular weight excluding hydrogens is 356 g/mol. The summed E-state index contributed by atoms with van der Waals surface area (Å²) >= 11 is 0. The number of hydrogen-bond donors (Lipinski definition) is 0. The summed E-state index contributed by atoms with van der Waals surface area (Å²) in [5, 5.41) is 12.6. The van der Waals surface area contributed by atoms with Gasteiger partial charge in [-0.2, -0.15) is 4.98 Å². The van der Waals surface area contributed by atoms with E-state index in [4.69, 9.17) is 4.52 Å². The molecule has 0 N–H and O–H groups in total. The van der Waals surface area contributed by atoms with E-state index < -0.39 is 0 Å². The van der Waals surface area contributed by atoms with Crippen LogP contribution < -0.4 is 0 Å². The van der Waals surface area contributed by atoms with Crippen molar-refractivity contribution in [2.45, 2.75) is 64.0 Å². The van der Waals surface area contributed by atoms with Crippen molar-refractivity contribution >= 4 is 16.9 Å². The van der Waals surface area contributed by atoms with E-state index in [1.807, 2.05) is 27.8 Å². The van der Waals surface area contributed by atoms with E-state index >= 15 is 0 Å². The fourth-order valence-corrected chi connectivity index (χ4v) is 4.47. The van der Waals surface area contributed by atoms with Crippen molar-refractivity contribution in [2.75, 3.05) is 6.54 Å². The highest BCUT2D eigenvalue weighted by atomic mass is 16.5. The molecule has 2 fully saturated rings.